The second-order valence-corrected chi connectivity index (χ2v) is 6.06. The zero-order chi connectivity index (χ0) is 17.4. The normalized spacial score (nSPS) is 29.4. The molecule has 0 unspecified atom stereocenters. The molecule has 2 saturated heterocycles. The molecule has 4 atom stereocenters. The van der Waals surface area contributed by atoms with Gasteiger partial charge in [-0.1, -0.05) is 0 Å². The average Bonchev–Trinajstić information content (AvgIpc) is 3.29. The van der Waals surface area contributed by atoms with Gasteiger partial charge in [0.05, 0.1) is 19.3 Å². The van der Waals surface area contributed by atoms with Gasteiger partial charge in [0, 0.05) is 5.56 Å². The molecule has 2 amide bonds. The molecule has 0 aliphatic carbocycles. The van der Waals surface area contributed by atoms with Crippen LogP contribution in [-0.2, 0) is 19.0 Å². The lowest BCUT2D eigenvalue weighted by Gasteiger charge is -2.18. The van der Waals surface area contributed by atoms with Gasteiger partial charge in [-0.15, -0.1) is 0 Å². The van der Waals surface area contributed by atoms with Crippen LogP contribution in [0.25, 0.3) is 0 Å². The summed E-state index contributed by atoms with van der Waals surface area (Å²) in [6.45, 7) is 0.567. The minimum atomic E-state index is -0.547. The van der Waals surface area contributed by atoms with Crippen molar-refractivity contribution >= 4 is 11.8 Å². The van der Waals surface area contributed by atoms with Crippen LogP contribution in [0.4, 0.5) is 0 Å². The fourth-order valence-electron chi connectivity index (χ4n) is 3.21. The van der Waals surface area contributed by atoms with Crippen molar-refractivity contribution in [1.82, 2.24) is 5.32 Å². The molecule has 0 bridgehead atoms. The standard InChI is InChI=1S/C16H18N2O7/c17-13(19)6-21-12-5-23-14-9(4-22-15(12)14)18-16(20)8-1-2-10-11(3-8)25-7-24-10/h1-3,9,12,14-15H,4-7H2,(H2,17,19)(H,18,20)/t9-,12-,14-,15+/m1/s1. The lowest BCUT2D eigenvalue weighted by Crippen LogP contribution is -2.44. The predicted octanol–water partition coefficient (Wildman–Crippen LogP) is -0.818. The van der Waals surface area contributed by atoms with Crippen molar-refractivity contribution in [2.45, 2.75) is 24.4 Å². The van der Waals surface area contributed by atoms with E-state index in [2.05, 4.69) is 5.32 Å². The highest BCUT2D eigenvalue weighted by atomic mass is 16.7. The van der Waals surface area contributed by atoms with Gasteiger partial charge in [0.15, 0.2) is 11.5 Å². The summed E-state index contributed by atoms with van der Waals surface area (Å²) in [4.78, 5) is 23.3. The molecule has 2 fully saturated rings. The van der Waals surface area contributed by atoms with Crippen molar-refractivity contribution in [3.05, 3.63) is 23.8 Å². The van der Waals surface area contributed by atoms with E-state index in [1.165, 1.54) is 0 Å². The number of benzene rings is 1. The number of rotatable bonds is 5. The van der Waals surface area contributed by atoms with Crippen molar-refractivity contribution in [2.24, 2.45) is 5.73 Å². The topological polar surface area (TPSA) is 118 Å². The molecule has 25 heavy (non-hydrogen) atoms. The van der Waals surface area contributed by atoms with Crippen LogP contribution < -0.4 is 20.5 Å². The van der Waals surface area contributed by atoms with E-state index in [0.29, 0.717) is 30.3 Å². The summed E-state index contributed by atoms with van der Waals surface area (Å²) in [5, 5.41) is 2.91. The van der Waals surface area contributed by atoms with E-state index in [9.17, 15) is 9.59 Å². The van der Waals surface area contributed by atoms with Crippen molar-refractivity contribution in [3.8, 4) is 11.5 Å². The van der Waals surface area contributed by atoms with Crippen molar-refractivity contribution in [3.63, 3.8) is 0 Å². The van der Waals surface area contributed by atoms with Gasteiger partial charge in [-0.3, -0.25) is 9.59 Å². The highest BCUT2D eigenvalue weighted by Crippen LogP contribution is 2.33. The molecule has 9 heteroatoms. The van der Waals surface area contributed by atoms with Crippen molar-refractivity contribution in [1.29, 1.82) is 0 Å². The van der Waals surface area contributed by atoms with E-state index < -0.39 is 5.91 Å². The van der Waals surface area contributed by atoms with Crippen LogP contribution in [0.2, 0.25) is 0 Å². The Bertz CT molecular complexity index is 695. The number of ether oxygens (including phenoxy) is 5. The molecule has 1 aromatic rings. The number of hydrogen-bond donors (Lipinski definition) is 2. The lowest BCUT2D eigenvalue weighted by molar-refractivity contribution is -0.126. The molecule has 4 rings (SSSR count). The van der Waals surface area contributed by atoms with Crippen LogP contribution in [0.15, 0.2) is 18.2 Å². The Kier molecular flexibility index (Phi) is 4.20. The summed E-state index contributed by atoms with van der Waals surface area (Å²) < 4.78 is 27.3. The molecule has 3 N–H and O–H groups in total. The molecule has 3 aliphatic rings. The van der Waals surface area contributed by atoms with E-state index in [0.717, 1.165) is 0 Å². The average molecular weight is 350 g/mol. The number of hydrogen-bond acceptors (Lipinski definition) is 7. The zero-order valence-corrected chi connectivity index (χ0v) is 13.3. The zero-order valence-electron chi connectivity index (χ0n) is 13.3. The Hall–Kier alpha value is -2.36. The van der Waals surface area contributed by atoms with Crippen LogP contribution in [0, 0.1) is 0 Å². The Balaban J connectivity index is 1.37. The molecule has 1 aromatic carbocycles. The van der Waals surface area contributed by atoms with Crippen molar-refractivity contribution in [2.75, 3.05) is 26.6 Å². The summed E-state index contributed by atoms with van der Waals surface area (Å²) in [6.07, 6.45) is -1.03. The van der Waals surface area contributed by atoms with Gasteiger partial charge < -0.3 is 34.7 Å². The minimum Gasteiger partial charge on any atom is -0.454 e. The molecule has 9 nitrogen and oxygen atoms in total. The first-order chi connectivity index (χ1) is 12.1. The van der Waals surface area contributed by atoms with Gasteiger partial charge in [0.25, 0.3) is 5.91 Å². The number of carbonyl (C=O) groups is 2. The van der Waals surface area contributed by atoms with Crippen molar-refractivity contribution < 1.29 is 33.3 Å². The van der Waals surface area contributed by atoms with Crippen LogP contribution >= 0.6 is 0 Å². The van der Waals surface area contributed by atoms with Gasteiger partial charge in [-0.25, -0.2) is 0 Å². The summed E-state index contributed by atoms with van der Waals surface area (Å²) in [5.74, 6) is 0.367. The molecule has 0 aromatic heterocycles. The Morgan fingerprint density at radius 2 is 1.96 bits per heavy atom. The van der Waals surface area contributed by atoms with Crippen LogP contribution in [-0.4, -0.2) is 62.8 Å². The monoisotopic (exact) mass is 350 g/mol. The molecule has 3 heterocycles. The van der Waals surface area contributed by atoms with Gasteiger partial charge in [-0.2, -0.15) is 0 Å². The van der Waals surface area contributed by atoms with E-state index in [-0.39, 0.29) is 43.7 Å². The Labute approximate surface area is 143 Å². The maximum atomic E-state index is 12.5. The van der Waals surface area contributed by atoms with E-state index in [1.807, 2.05) is 0 Å². The smallest absolute Gasteiger partial charge is 0.251 e. The van der Waals surface area contributed by atoms with Crippen LogP contribution in [0.1, 0.15) is 10.4 Å². The summed E-state index contributed by atoms with van der Waals surface area (Å²) in [6, 6.07) is 4.71. The molecular weight excluding hydrogens is 332 g/mol. The quantitative estimate of drug-likeness (QED) is 0.712. The number of primary amides is 1. The number of fused-ring (bicyclic) bond motifs is 2. The largest absolute Gasteiger partial charge is 0.454 e. The van der Waals surface area contributed by atoms with E-state index in [1.54, 1.807) is 18.2 Å². The SMILES string of the molecule is NC(=O)CO[C@@H]1CO[C@H]2[C@H]1OC[C@H]2NC(=O)c1ccc2c(c1)OCO2. The summed E-state index contributed by atoms with van der Waals surface area (Å²) in [7, 11) is 0. The molecular formula is C16H18N2O7. The van der Waals surface area contributed by atoms with Gasteiger partial charge >= 0.3 is 0 Å². The first-order valence-corrected chi connectivity index (χ1v) is 7.95. The fourth-order valence-corrected chi connectivity index (χ4v) is 3.21. The number of nitrogens with two attached hydrogens (primary N) is 1. The molecule has 0 radical (unpaired) electrons. The maximum absolute atomic E-state index is 12.5. The van der Waals surface area contributed by atoms with Gasteiger partial charge in [-0.05, 0) is 18.2 Å². The molecule has 134 valence electrons. The molecule has 0 saturated carbocycles. The summed E-state index contributed by atoms with van der Waals surface area (Å²) in [5.41, 5.74) is 5.55. The number of carbonyl (C=O) groups excluding carboxylic acids is 2. The number of amides is 2. The summed E-state index contributed by atoms with van der Waals surface area (Å²) >= 11 is 0. The minimum absolute atomic E-state index is 0.154. The second kappa shape index (κ2) is 6.51. The Morgan fingerprint density at radius 1 is 1.16 bits per heavy atom. The first-order valence-electron chi connectivity index (χ1n) is 7.95. The molecule has 3 aliphatic heterocycles. The second-order valence-electron chi connectivity index (χ2n) is 6.06. The third kappa shape index (κ3) is 3.13. The predicted molar refractivity (Wildman–Crippen MR) is 82.2 cm³/mol. The highest BCUT2D eigenvalue weighted by molar-refractivity contribution is 5.95. The van der Waals surface area contributed by atoms with Crippen LogP contribution in [0.5, 0.6) is 11.5 Å². The van der Waals surface area contributed by atoms with Gasteiger partial charge in [0.1, 0.15) is 24.9 Å². The third-order valence-corrected chi connectivity index (χ3v) is 4.40. The maximum Gasteiger partial charge on any atom is 0.251 e. The van der Waals surface area contributed by atoms with E-state index in [4.69, 9.17) is 29.4 Å². The lowest BCUT2D eigenvalue weighted by atomic mass is 10.1. The van der Waals surface area contributed by atoms with Crippen LogP contribution in [0.3, 0.4) is 0 Å². The van der Waals surface area contributed by atoms with E-state index >= 15 is 0 Å². The number of nitrogens with one attached hydrogen (secondary N) is 1. The molecule has 0 spiro atoms. The highest BCUT2D eigenvalue weighted by Gasteiger charge is 2.48. The Morgan fingerprint density at radius 3 is 2.80 bits per heavy atom. The first kappa shape index (κ1) is 16.1. The van der Waals surface area contributed by atoms with Gasteiger partial charge in [0.2, 0.25) is 12.7 Å². The fraction of sp³-hybridized carbons (Fsp3) is 0.500. The third-order valence-electron chi connectivity index (χ3n) is 4.40.